The summed E-state index contributed by atoms with van der Waals surface area (Å²) in [4.78, 5) is 16.1. The van der Waals surface area contributed by atoms with Crippen LogP contribution in [0, 0.1) is 11.8 Å². The molecule has 18 heavy (non-hydrogen) atoms. The number of allylic oxidation sites excluding steroid dienone is 2. The fourth-order valence-electron chi connectivity index (χ4n) is 2.25. The molecule has 0 N–H and O–H groups in total. The smallest absolute Gasteiger partial charge is 0.241 e. The van der Waals surface area contributed by atoms with Gasteiger partial charge in [0.15, 0.2) is 0 Å². The average Bonchev–Trinajstić information content (AvgIpc) is 2.26. The lowest BCUT2D eigenvalue weighted by Gasteiger charge is -2.36. The van der Waals surface area contributed by atoms with Crippen LogP contribution >= 0.6 is 0 Å². The number of nitrogens with zero attached hydrogens (tertiary/aromatic N) is 2. The third-order valence-electron chi connectivity index (χ3n) is 2.94. The highest BCUT2D eigenvalue weighted by Gasteiger charge is 2.29. The molecule has 1 heterocycles. The van der Waals surface area contributed by atoms with Crippen LogP contribution < -0.4 is 0 Å². The number of carbonyl (C=O) groups is 1. The number of ether oxygens (including phenoxy) is 1. The van der Waals surface area contributed by atoms with Crippen molar-refractivity contribution >= 4 is 5.91 Å². The van der Waals surface area contributed by atoms with Crippen LogP contribution in [0.4, 0.5) is 0 Å². The molecule has 0 aromatic rings. The standard InChI is InChI=1S/C14H26N2O2/c1-10(2)13-14(11(3)4)18-8-7-16(13)12(17)9-15(5)6/h10-11H,7-9H2,1-6H3. The van der Waals surface area contributed by atoms with Crippen molar-refractivity contribution in [1.82, 2.24) is 9.80 Å². The maximum atomic E-state index is 12.3. The molecule has 0 unspecified atom stereocenters. The van der Waals surface area contributed by atoms with Crippen LogP contribution in [0.15, 0.2) is 11.5 Å². The van der Waals surface area contributed by atoms with Gasteiger partial charge in [0, 0.05) is 5.92 Å². The number of hydrogen-bond acceptors (Lipinski definition) is 3. The third-order valence-corrected chi connectivity index (χ3v) is 2.94. The Kier molecular flexibility index (Phi) is 5.20. The Hall–Kier alpha value is -1.03. The van der Waals surface area contributed by atoms with Gasteiger partial charge in [-0.25, -0.2) is 0 Å². The summed E-state index contributed by atoms with van der Waals surface area (Å²) in [6.07, 6.45) is 0. The molecule has 1 amide bonds. The molecule has 0 bridgehead atoms. The lowest BCUT2D eigenvalue weighted by molar-refractivity contribution is -0.132. The molecule has 0 aliphatic carbocycles. The first-order valence-corrected chi connectivity index (χ1v) is 6.66. The van der Waals surface area contributed by atoms with E-state index in [1.807, 2.05) is 23.9 Å². The second-order valence-corrected chi connectivity index (χ2v) is 5.69. The van der Waals surface area contributed by atoms with E-state index in [0.717, 1.165) is 11.5 Å². The maximum absolute atomic E-state index is 12.3. The number of likely N-dealkylation sites (N-methyl/N-ethyl adjacent to an activating group) is 1. The van der Waals surface area contributed by atoms with Crippen LogP contribution in [0.1, 0.15) is 27.7 Å². The molecule has 0 spiro atoms. The zero-order chi connectivity index (χ0) is 13.9. The molecule has 4 heteroatoms. The normalized spacial score (nSPS) is 16.8. The van der Waals surface area contributed by atoms with Crippen molar-refractivity contribution in [2.45, 2.75) is 27.7 Å². The highest BCUT2D eigenvalue weighted by atomic mass is 16.5. The highest BCUT2D eigenvalue weighted by Crippen LogP contribution is 2.28. The summed E-state index contributed by atoms with van der Waals surface area (Å²) in [7, 11) is 3.83. The van der Waals surface area contributed by atoms with Gasteiger partial charge in [-0.1, -0.05) is 27.7 Å². The largest absolute Gasteiger partial charge is 0.494 e. The number of hydrogen-bond donors (Lipinski definition) is 0. The molecule has 0 radical (unpaired) electrons. The minimum Gasteiger partial charge on any atom is -0.494 e. The molecule has 1 aliphatic heterocycles. The van der Waals surface area contributed by atoms with Gasteiger partial charge in [0.05, 0.1) is 18.8 Å². The van der Waals surface area contributed by atoms with Gasteiger partial charge in [-0.15, -0.1) is 0 Å². The van der Waals surface area contributed by atoms with Crippen molar-refractivity contribution < 1.29 is 9.53 Å². The zero-order valence-corrected chi connectivity index (χ0v) is 12.5. The van der Waals surface area contributed by atoms with Crippen molar-refractivity contribution in [3.63, 3.8) is 0 Å². The van der Waals surface area contributed by atoms with E-state index in [1.54, 1.807) is 0 Å². The van der Waals surface area contributed by atoms with E-state index in [2.05, 4.69) is 27.7 Å². The SMILES string of the molecule is CC(C)C1=C(C(C)C)N(C(=O)CN(C)C)CCO1. The highest BCUT2D eigenvalue weighted by molar-refractivity contribution is 5.80. The molecule has 104 valence electrons. The second-order valence-electron chi connectivity index (χ2n) is 5.69. The minimum atomic E-state index is 0.158. The van der Waals surface area contributed by atoms with Gasteiger partial charge in [0.1, 0.15) is 12.4 Å². The zero-order valence-electron chi connectivity index (χ0n) is 12.5. The van der Waals surface area contributed by atoms with Crippen LogP contribution in [0.3, 0.4) is 0 Å². The maximum Gasteiger partial charge on any atom is 0.241 e. The Morgan fingerprint density at radius 3 is 2.33 bits per heavy atom. The topological polar surface area (TPSA) is 32.8 Å². The van der Waals surface area contributed by atoms with E-state index in [-0.39, 0.29) is 5.91 Å². The van der Waals surface area contributed by atoms with Gasteiger partial charge < -0.3 is 14.5 Å². The molecule has 1 rings (SSSR count). The van der Waals surface area contributed by atoms with E-state index < -0.39 is 0 Å². The van der Waals surface area contributed by atoms with Crippen LogP contribution in [-0.4, -0.2) is 49.5 Å². The molecule has 0 aromatic carbocycles. The van der Waals surface area contributed by atoms with Gasteiger partial charge in [-0.2, -0.15) is 0 Å². The predicted molar refractivity (Wildman–Crippen MR) is 72.9 cm³/mol. The molecule has 0 atom stereocenters. The van der Waals surface area contributed by atoms with Crippen LogP contribution in [0.25, 0.3) is 0 Å². The summed E-state index contributed by atoms with van der Waals surface area (Å²) in [6, 6.07) is 0. The predicted octanol–water partition coefficient (Wildman–Crippen LogP) is 1.93. The van der Waals surface area contributed by atoms with Gasteiger partial charge in [-0.3, -0.25) is 4.79 Å². The molecule has 4 nitrogen and oxygen atoms in total. The summed E-state index contributed by atoms with van der Waals surface area (Å²) in [6.45, 7) is 10.2. The summed E-state index contributed by atoms with van der Waals surface area (Å²) in [5, 5.41) is 0. The Labute approximate surface area is 111 Å². The lowest BCUT2D eigenvalue weighted by Crippen LogP contribution is -2.43. The molecule has 0 fully saturated rings. The van der Waals surface area contributed by atoms with Crippen LogP contribution in [-0.2, 0) is 9.53 Å². The summed E-state index contributed by atoms with van der Waals surface area (Å²) in [5.41, 5.74) is 1.06. The van der Waals surface area contributed by atoms with Crippen LogP contribution in [0.2, 0.25) is 0 Å². The van der Waals surface area contributed by atoms with E-state index in [0.29, 0.717) is 31.5 Å². The molecular formula is C14H26N2O2. The van der Waals surface area contributed by atoms with Gasteiger partial charge in [0.2, 0.25) is 5.91 Å². The minimum absolute atomic E-state index is 0.158. The van der Waals surface area contributed by atoms with Crippen molar-refractivity contribution in [3.05, 3.63) is 11.5 Å². The molecular weight excluding hydrogens is 228 g/mol. The van der Waals surface area contributed by atoms with Crippen molar-refractivity contribution in [3.8, 4) is 0 Å². The fourth-order valence-corrected chi connectivity index (χ4v) is 2.25. The van der Waals surface area contributed by atoms with Crippen LogP contribution in [0.5, 0.6) is 0 Å². The number of amides is 1. The van der Waals surface area contributed by atoms with Gasteiger partial charge in [0.25, 0.3) is 0 Å². The quantitative estimate of drug-likeness (QED) is 0.768. The average molecular weight is 254 g/mol. The Balaban J connectivity index is 3.02. The van der Waals surface area contributed by atoms with E-state index in [4.69, 9.17) is 4.74 Å². The molecule has 0 saturated carbocycles. The van der Waals surface area contributed by atoms with E-state index in [9.17, 15) is 4.79 Å². The molecule has 1 aliphatic rings. The molecule has 0 saturated heterocycles. The summed E-state index contributed by atoms with van der Waals surface area (Å²) >= 11 is 0. The summed E-state index contributed by atoms with van der Waals surface area (Å²) < 4.78 is 5.77. The lowest BCUT2D eigenvalue weighted by atomic mass is 10.0. The Bertz CT molecular complexity index is 333. The van der Waals surface area contributed by atoms with E-state index in [1.165, 1.54) is 0 Å². The van der Waals surface area contributed by atoms with Gasteiger partial charge in [-0.05, 0) is 20.0 Å². The first-order chi connectivity index (χ1) is 8.34. The third kappa shape index (κ3) is 3.48. The number of carbonyl (C=O) groups excluding carboxylic acids is 1. The van der Waals surface area contributed by atoms with Gasteiger partial charge >= 0.3 is 0 Å². The Morgan fingerprint density at radius 1 is 1.28 bits per heavy atom. The van der Waals surface area contributed by atoms with Crippen molar-refractivity contribution in [1.29, 1.82) is 0 Å². The van der Waals surface area contributed by atoms with Crippen molar-refractivity contribution in [2.24, 2.45) is 11.8 Å². The first-order valence-electron chi connectivity index (χ1n) is 6.66. The molecule has 0 aromatic heterocycles. The fraction of sp³-hybridized carbons (Fsp3) is 0.786. The monoisotopic (exact) mass is 254 g/mol. The second kappa shape index (κ2) is 6.23. The van der Waals surface area contributed by atoms with Crippen molar-refractivity contribution in [2.75, 3.05) is 33.8 Å². The summed E-state index contributed by atoms with van der Waals surface area (Å²) in [5.74, 6) is 1.75. The first kappa shape index (κ1) is 15.0. The van der Waals surface area contributed by atoms with E-state index >= 15 is 0 Å². The Morgan fingerprint density at radius 2 is 1.89 bits per heavy atom. The number of rotatable bonds is 4.